The smallest absolute Gasteiger partial charge is 0.306 e. The quantitative estimate of drug-likeness (QED) is 0.507. The molecule has 118 valence electrons. The van der Waals surface area contributed by atoms with Crippen molar-refractivity contribution < 1.29 is 9.72 Å². The fourth-order valence-electron chi connectivity index (χ4n) is 1.77. The maximum atomic E-state index is 11.7. The van der Waals surface area contributed by atoms with Gasteiger partial charge in [0.2, 0.25) is 0 Å². The van der Waals surface area contributed by atoms with E-state index in [9.17, 15) is 14.9 Å². The summed E-state index contributed by atoms with van der Waals surface area (Å²) in [7, 11) is 0. The Balaban J connectivity index is 2.01. The molecule has 0 spiro atoms. The molecule has 2 rings (SSSR count). The minimum absolute atomic E-state index is 0.111. The normalized spacial score (nSPS) is 10.5. The first-order chi connectivity index (χ1) is 11.0. The van der Waals surface area contributed by atoms with Crippen LogP contribution < -0.4 is 10.7 Å². The summed E-state index contributed by atoms with van der Waals surface area (Å²) >= 11 is 5.92. The van der Waals surface area contributed by atoms with E-state index in [0.717, 1.165) is 5.56 Å². The molecule has 0 radical (unpaired) electrons. The number of nitro benzene ring substituents is 1. The van der Waals surface area contributed by atoms with Crippen LogP contribution in [0.2, 0.25) is 5.02 Å². The molecule has 0 bridgehead atoms. The lowest BCUT2D eigenvalue weighted by Crippen LogP contribution is -2.24. The molecule has 2 amide bonds. The second kappa shape index (κ2) is 7.37. The van der Waals surface area contributed by atoms with Gasteiger partial charge in [-0.15, -0.1) is 0 Å². The van der Waals surface area contributed by atoms with Crippen molar-refractivity contribution in [1.29, 1.82) is 0 Å². The highest BCUT2D eigenvalue weighted by molar-refractivity contribution is 6.33. The molecule has 0 aliphatic carbocycles. The van der Waals surface area contributed by atoms with Crippen LogP contribution in [-0.4, -0.2) is 17.2 Å². The molecule has 0 heterocycles. The summed E-state index contributed by atoms with van der Waals surface area (Å²) in [6.07, 6.45) is 1.24. The molecule has 8 heteroatoms. The Kier molecular flexibility index (Phi) is 5.27. The number of amides is 2. The maximum absolute atomic E-state index is 11.7. The molecule has 0 aliphatic rings. The number of hydrazone groups is 1. The molecule has 2 N–H and O–H groups in total. The minimum atomic E-state index is -0.536. The Morgan fingerprint density at radius 3 is 2.74 bits per heavy atom. The number of urea groups is 1. The van der Waals surface area contributed by atoms with Gasteiger partial charge in [-0.25, -0.2) is 10.2 Å². The van der Waals surface area contributed by atoms with Gasteiger partial charge in [0.05, 0.1) is 11.1 Å². The van der Waals surface area contributed by atoms with Crippen LogP contribution in [-0.2, 0) is 0 Å². The first-order valence-electron chi connectivity index (χ1n) is 6.57. The molecule has 0 saturated heterocycles. The number of hydrogen-bond donors (Lipinski definition) is 2. The maximum Gasteiger partial charge on any atom is 0.339 e. The van der Waals surface area contributed by atoms with Gasteiger partial charge >= 0.3 is 6.03 Å². The largest absolute Gasteiger partial charge is 0.339 e. The van der Waals surface area contributed by atoms with E-state index in [0.29, 0.717) is 16.3 Å². The third-order valence-corrected chi connectivity index (χ3v) is 3.30. The number of carbonyl (C=O) groups is 1. The predicted octanol–water partition coefficient (Wildman–Crippen LogP) is 3.71. The highest BCUT2D eigenvalue weighted by Crippen LogP contribution is 2.20. The summed E-state index contributed by atoms with van der Waals surface area (Å²) in [6.45, 7) is 1.86. The number of rotatable bonds is 4. The molecule has 2 aromatic carbocycles. The molecule has 0 unspecified atom stereocenters. The number of aryl methyl sites for hydroxylation is 1. The van der Waals surface area contributed by atoms with Crippen molar-refractivity contribution in [1.82, 2.24) is 5.43 Å². The number of para-hydroxylation sites is 1. The molecule has 2 aromatic rings. The van der Waals surface area contributed by atoms with Crippen molar-refractivity contribution in [2.75, 3.05) is 5.32 Å². The van der Waals surface area contributed by atoms with Gasteiger partial charge in [0.15, 0.2) is 0 Å². The lowest BCUT2D eigenvalue weighted by Gasteiger charge is -2.06. The molecular formula is C15H13ClN4O3. The number of halogens is 1. The van der Waals surface area contributed by atoms with Crippen LogP contribution in [0.25, 0.3) is 0 Å². The van der Waals surface area contributed by atoms with Crippen LogP contribution in [0.15, 0.2) is 47.6 Å². The Labute approximate surface area is 137 Å². The topological polar surface area (TPSA) is 96.6 Å². The van der Waals surface area contributed by atoms with Crippen molar-refractivity contribution in [3.05, 3.63) is 68.7 Å². The SMILES string of the molecule is Cc1ccccc1NC(=O)NN=Cc1cc([N+](=O)[O-])ccc1Cl. The third kappa shape index (κ3) is 4.52. The van der Waals surface area contributed by atoms with E-state index in [1.165, 1.54) is 24.4 Å². The number of nitro groups is 1. The number of nitrogens with one attached hydrogen (secondary N) is 2. The van der Waals surface area contributed by atoms with Crippen molar-refractivity contribution in [2.24, 2.45) is 5.10 Å². The Morgan fingerprint density at radius 1 is 1.30 bits per heavy atom. The van der Waals surface area contributed by atoms with E-state index in [4.69, 9.17) is 11.6 Å². The van der Waals surface area contributed by atoms with Crippen LogP contribution in [0, 0.1) is 17.0 Å². The van der Waals surface area contributed by atoms with Gasteiger partial charge in [-0.05, 0) is 24.6 Å². The monoisotopic (exact) mass is 332 g/mol. The Bertz CT molecular complexity index is 777. The highest BCUT2D eigenvalue weighted by Gasteiger charge is 2.08. The first-order valence-corrected chi connectivity index (χ1v) is 6.95. The Hall–Kier alpha value is -2.93. The second-order valence-corrected chi connectivity index (χ2v) is 5.01. The average Bonchev–Trinajstić information content (AvgIpc) is 2.51. The molecule has 0 aliphatic heterocycles. The van der Waals surface area contributed by atoms with Crippen molar-refractivity contribution >= 4 is 35.2 Å². The van der Waals surface area contributed by atoms with E-state index < -0.39 is 11.0 Å². The van der Waals surface area contributed by atoms with Crippen LogP contribution >= 0.6 is 11.6 Å². The van der Waals surface area contributed by atoms with Crippen LogP contribution in [0.5, 0.6) is 0 Å². The van der Waals surface area contributed by atoms with E-state index in [-0.39, 0.29) is 5.69 Å². The van der Waals surface area contributed by atoms with Crippen molar-refractivity contribution in [2.45, 2.75) is 6.92 Å². The zero-order valence-corrected chi connectivity index (χ0v) is 12.9. The number of non-ortho nitro benzene ring substituents is 1. The fourth-order valence-corrected chi connectivity index (χ4v) is 1.93. The van der Waals surface area contributed by atoms with E-state index >= 15 is 0 Å². The van der Waals surface area contributed by atoms with Gasteiger partial charge in [-0.2, -0.15) is 5.10 Å². The van der Waals surface area contributed by atoms with Crippen LogP contribution in [0.3, 0.4) is 0 Å². The zero-order chi connectivity index (χ0) is 16.8. The van der Waals surface area contributed by atoms with E-state index in [2.05, 4.69) is 15.8 Å². The summed E-state index contributed by atoms with van der Waals surface area (Å²) in [5.74, 6) is 0. The van der Waals surface area contributed by atoms with Gasteiger partial charge in [-0.3, -0.25) is 10.1 Å². The predicted molar refractivity (Wildman–Crippen MR) is 89.0 cm³/mol. The van der Waals surface area contributed by atoms with E-state index in [1.807, 2.05) is 19.1 Å². The minimum Gasteiger partial charge on any atom is -0.306 e. The van der Waals surface area contributed by atoms with Gasteiger partial charge < -0.3 is 5.32 Å². The molecule has 0 aromatic heterocycles. The van der Waals surface area contributed by atoms with Gasteiger partial charge in [-0.1, -0.05) is 29.8 Å². The lowest BCUT2D eigenvalue weighted by molar-refractivity contribution is -0.384. The van der Waals surface area contributed by atoms with Crippen molar-refractivity contribution in [3.8, 4) is 0 Å². The third-order valence-electron chi connectivity index (χ3n) is 2.95. The standard InChI is InChI=1S/C15H13ClN4O3/c1-10-4-2-3-5-14(10)18-15(21)19-17-9-11-8-12(20(22)23)6-7-13(11)16/h2-9H,1H3,(H2,18,19,21). The first kappa shape index (κ1) is 16.4. The molecule has 7 nitrogen and oxygen atoms in total. The number of nitrogens with zero attached hydrogens (tertiary/aromatic N) is 2. The highest BCUT2D eigenvalue weighted by atomic mass is 35.5. The summed E-state index contributed by atoms with van der Waals surface area (Å²) in [5, 5.41) is 17.4. The summed E-state index contributed by atoms with van der Waals surface area (Å²) in [4.78, 5) is 21.9. The molecule has 0 saturated carbocycles. The number of hydrogen-bond acceptors (Lipinski definition) is 4. The van der Waals surface area contributed by atoms with Crippen molar-refractivity contribution in [3.63, 3.8) is 0 Å². The Morgan fingerprint density at radius 2 is 2.04 bits per heavy atom. The average molecular weight is 333 g/mol. The summed E-state index contributed by atoms with van der Waals surface area (Å²) < 4.78 is 0. The summed E-state index contributed by atoms with van der Waals surface area (Å²) in [6, 6.07) is 10.7. The van der Waals surface area contributed by atoms with Crippen LogP contribution in [0.1, 0.15) is 11.1 Å². The number of carbonyl (C=O) groups excluding carboxylic acids is 1. The van der Waals surface area contributed by atoms with E-state index in [1.54, 1.807) is 12.1 Å². The van der Waals surface area contributed by atoms with Gasteiger partial charge in [0, 0.05) is 28.4 Å². The molecular weight excluding hydrogens is 320 g/mol. The summed E-state index contributed by atoms with van der Waals surface area (Å²) in [5.41, 5.74) is 4.06. The fraction of sp³-hybridized carbons (Fsp3) is 0.0667. The number of benzene rings is 2. The van der Waals surface area contributed by atoms with Crippen LogP contribution in [0.4, 0.5) is 16.2 Å². The molecule has 0 atom stereocenters. The lowest BCUT2D eigenvalue weighted by atomic mass is 10.2. The zero-order valence-electron chi connectivity index (χ0n) is 12.1. The molecule has 23 heavy (non-hydrogen) atoms. The second-order valence-electron chi connectivity index (χ2n) is 4.60. The molecule has 0 fully saturated rings. The van der Waals surface area contributed by atoms with Gasteiger partial charge in [0.25, 0.3) is 5.69 Å². The number of anilines is 1. The van der Waals surface area contributed by atoms with Gasteiger partial charge in [0.1, 0.15) is 0 Å².